The van der Waals surface area contributed by atoms with Gasteiger partial charge in [-0.05, 0) is 0 Å². The van der Waals surface area contributed by atoms with E-state index in [1.165, 1.54) is 13.4 Å². The fraction of sp³-hybridized carbons (Fsp3) is 0.500. The normalized spacial score (nSPS) is 22.2. The summed E-state index contributed by atoms with van der Waals surface area (Å²) in [5.41, 5.74) is -0.527. The second-order valence-corrected chi connectivity index (χ2v) is 4.38. The lowest BCUT2D eigenvalue weighted by atomic mass is 9.94. The Labute approximate surface area is 105 Å². The fourth-order valence-electron chi connectivity index (χ4n) is 1.83. The van der Waals surface area contributed by atoms with Crippen molar-refractivity contribution in [3.05, 3.63) is 22.5 Å². The zero-order valence-electron chi connectivity index (χ0n) is 9.99. The van der Waals surface area contributed by atoms with Crippen LogP contribution in [0.15, 0.2) is 11.1 Å². The van der Waals surface area contributed by atoms with Crippen LogP contribution in [0, 0.1) is 0 Å². The van der Waals surface area contributed by atoms with Crippen molar-refractivity contribution in [2.75, 3.05) is 0 Å². The van der Waals surface area contributed by atoms with Crippen molar-refractivity contribution in [2.24, 2.45) is 7.05 Å². The Bertz CT molecular complexity index is 703. The number of hydrogen-bond acceptors (Lipinski definition) is 6. The van der Waals surface area contributed by atoms with E-state index in [1.807, 2.05) is 0 Å². The lowest BCUT2D eigenvalue weighted by Gasteiger charge is -2.28. The second kappa shape index (κ2) is 4.11. The van der Waals surface area contributed by atoms with Crippen molar-refractivity contribution >= 4 is 11.6 Å². The summed E-state index contributed by atoms with van der Waals surface area (Å²) in [5.74, 6) is -0.720. The van der Waals surface area contributed by atoms with E-state index in [4.69, 9.17) is 4.74 Å². The van der Waals surface area contributed by atoms with Gasteiger partial charge >= 0.3 is 11.7 Å². The molecule has 1 fully saturated rings. The molecular formula is C10H10FN5O3. The van der Waals surface area contributed by atoms with Gasteiger partial charge in [-0.3, -0.25) is 0 Å². The van der Waals surface area contributed by atoms with E-state index < -0.39 is 23.9 Å². The van der Waals surface area contributed by atoms with E-state index in [1.54, 1.807) is 0 Å². The molecule has 1 aliphatic carbocycles. The monoisotopic (exact) mass is 267 g/mol. The third kappa shape index (κ3) is 1.86. The van der Waals surface area contributed by atoms with Gasteiger partial charge in [-0.15, -0.1) is 5.10 Å². The molecule has 0 aliphatic heterocycles. The van der Waals surface area contributed by atoms with E-state index in [0.717, 1.165) is 9.08 Å². The highest BCUT2D eigenvalue weighted by Crippen LogP contribution is 2.27. The number of ether oxygens (including phenoxy) is 1. The molecule has 1 saturated carbocycles. The van der Waals surface area contributed by atoms with Crippen molar-refractivity contribution in [2.45, 2.75) is 25.1 Å². The Balaban J connectivity index is 1.91. The molecule has 100 valence electrons. The Kier molecular flexibility index (Phi) is 2.54. The van der Waals surface area contributed by atoms with Crippen molar-refractivity contribution in [1.29, 1.82) is 0 Å². The quantitative estimate of drug-likeness (QED) is 0.680. The predicted octanol–water partition coefficient (Wildman–Crippen LogP) is -0.520. The molecule has 0 saturated heterocycles. The van der Waals surface area contributed by atoms with Gasteiger partial charge in [0.1, 0.15) is 18.6 Å². The molecule has 0 spiro atoms. The average molecular weight is 267 g/mol. The van der Waals surface area contributed by atoms with Crippen LogP contribution in [-0.2, 0) is 11.8 Å². The second-order valence-electron chi connectivity index (χ2n) is 4.38. The van der Waals surface area contributed by atoms with E-state index >= 15 is 0 Å². The van der Waals surface area contributed by atoms with Gasteiger partial charge in [-0.2, -0.15) is 4.68 Å². The number of carbonyl (C=O) groups is 1. The predicted molar refractivity (Wildman–Crippen MR) is 59.4 cm³/mol. The molecule has 1 aliphatic rings. The number of alkyl halides is 1. The van der Waals surface area contributed by atoms with Gasteiger partial charge in [-0.25, -0.2) is 23.4 Å². The van der Waals surface area contributed by atoms with Crippen LogP contribution in [0.5, 0.6) is 0 Å². The summed E-state index contributed by atoms with van der Waals surface area (Å²) in [6, 6.07) is 0. The molecular weight excluding hydrogens is 257 g/mol. The van der Waals surface area contributed by atoms with Gasteiger partial charge in [-0.1, -0.05) is 5.21 Å². The van der Waals surface area contributed by atoms with Crippen LogP contribution < -0.4 is 5.69 Å². The average Bonchev–Trinajstić information content (AvgIpc) is 2.76. The number of esters is 1. The molecule has 0 radical (unpaired) electrons. The molecule has 0 amide bonds. The van der Waals surface area contributed by atoms with Gasteiger partial charge in [0, 0.05) is 19.9 Å². The molecule has 2 heterocycles. The molecule has 2 aromatic rings. The van der Waals surface area contributed by atoms with Crippen LogP contribution >= 0.6 is 0 Å². The molecule has 19 heavy (non-hydrogen) atoms. The molecule has 8 nitrogen and oxygen atoms in total. The first-order valence-electron chi connectivity index (χ1n) is 5.68. The van der Waals surface area contributed by atoms with Crippen molar-refractivity contribution in [1.82, 2.24) is 24.4 Å². The van der Waals surface area contributed by atoms with Gasteiger partial charge < -0.3 is 4.74 Å². The molecule has 0 unspecified atom stereocenters. The molecule has 0 N–H and O–H groups in total. The first-order valence-corrected chi connectivity index (χ1v) is 5.68. The van der Waals surface area contributed by atoms with Crippen LogP contribution in [0.1, 0.15) is 23.3 Å². The van der Waals surface area contributed by atoms with Crippen LogP contribution in [0.4, 0.5) is 4.39 Å². The van der Waals surface area contributed by atoms with E-state index in [9.17, 15) is 14.0 Å². The van der Waals surface area contributed by atoms with Crippen LogP contribution in [0.3, 0.4) is 0 Å². The highest BCUT2D eigenvalue weighted by molar-refractivity contribution is 5.93. The highest BCUT2D eigenvalue weighted by Gasteiger charge is 2.33. The number of halogens is 1. The smallest absolute Gasteiger partial charge is 0.361 e. The Hall–Kier alpha value is -2.32. The van der Waals surface area contributed by atoms with E-state index in [0.29, 0.717) is 0 Å². The molecule has 0 atom stereocenters. The molecule has 3 rings (SSSR count). The summed E-state index contributed by atoms with van der Waals surface area (Å²) in [7, 11) is 1.43. The Morgan fingerprint density at radius 3 is 2.95 bits per heavy atom. The number of aryl methyl sites for hydroxylation is 1. The van der Waals surface area contributed by atoms with Crippen LogP contribution in [-0.4, -0.2) is 42.6 Å². The number of rotatable bonds is 2. The van der Waals surface area contributed by atoms with Crippen molar-refractivity contribution < 1.29 is 13.9 Å². The third-order valence-corrected chi connectivity index (χ3v) is 3.00. The van der Waals surface area contributed by atoms with E-state index in [-0.39, 0.29) is 24.2 Å². The summed E-state index contributed by atoms with van der Waals surface area (Å²) in [4.78, 5) is 27.3. The van der Waals surface area contributed by atoms with Gasteiger partial charge in [0.15, 0.2) is 11.3 Å². The molecule has 0 aromatic carbocycles. The van der Waals surface area contributed by atoms with Crippen LogP contribution in [0.2, 0.25) is 0 Å². The third-order valence-electron chi connectivity index (χ3n) is 3.00. The van der Waals surface area contributed by atoms with Gasteiger partial charge in [0.05, 0.1) is 0 Å². The van der Waals surface area contributed by atoms with Crippen LogP contribution in [0.25, 0.3) is 5.65 Å². The SMILES string of the molecule is Cn1nnc2c(C(=O)OC3CC(F)C3)ncn2c1=O. The lowest BCUT2D eigenvalue weighted by Crippen LogP contribution is -2.34. The molecule has 0 bridgehead atoms. The maximum absolute atomic E-state index is 12.6. The summed E-state index contributed by atoms with van der Waals surface area (Å²) >= 11 is 0. The topological polar surface area (TPSA) is 91.4 Å². The minimum atomic E-state index is -0.913. The fourth-order valence-corrected chi connectivity index (χ4v) is 1.83. The standard InChI is InChI=1S/C10H10FN5O3/c1-15-10(18)16-4-12-7(8(16)13-14-15)9(17)19-6-2-5(11)3-6/h4-6H,2-3H2,1H3. The number of fused-ring (bicyclic) bond motifs is 1. The zero-order valence-corrected chi connectivity index (χ0v) is 9.99. The highest BCUT2D eigenvalue weighted by atomic mass is 19.1. The summed E-state index contributed by atoms with van der Waals surface area (Å²) in [6.07, 6.45) is 0.236. The van der Waals surface area contributed by atoms with Gasteiger partial charge in [0.25, 0.3) is 0 Å². The largest absolute Gasteiger partial charge is 0.457 e. The Morgan fingerprint density at radius 2 is 2.26 bits per heavy atom. The maximum atomic E-state index is 12.6. The van der Waals surface area contributed by atoms with Crippen molar-refractivity contribution in [3.8, 4) is 0 Å². The maximum Gasteiger partial charge on any atom is 0.361 e. The summed E-state index contributed by atoms with van der Waals surface area (Å²) in [6.45, 7) is 0. The lowest BCUT2D eigenvalue weighted by molar-refractivity contribution is -0.0196. The summed E-state index contributed by atoms with van der Waals surface area (Å²) in [5, 5.41) is 7.30. The number of aromatic nitrogens is 5. The molecule has 9 heteroatoms. The Morgan fingerprint density at radius 1 is 1.53 bits per heavy atom. The first-order chi connectivity index (χ1) is 9.06. The minimum Gasteiger partial charge on any atom is -0.457 e. The zero-order chi connectivity index (χ0) is 13.6. The first kappa shape index (κ1) is 11.8. The molecule has 2 aromatic heterocycles. The number of hydrogen-bond donors (Lipinski definition) is 0. The van der Waals surface area contributed by atoms with Gasteiger partial charge in [0.2, 0.25) is 0 Å². The number of carbonyl (C=O) groups excluding carboxylic acids is 1. The van der Waals surface area contributed by atoms with Crippen molar-refractivity contribution in [3.63, 3.8) is 0 Å². The summed E-state index contributed by atoms with van der Waals surface area (Å²) < 4.78 is 19.8. The van der Waals surface area contributed by atoms with E-state index in [2.05, 4.69) is 15.3 Å². The number of nitrogens with zero attached hydrogens (tertiary/aromatic N) is 5. The minimum absolute atomic E-state index is 0.0317. The number of imidazole rings is 1.